The van der Waals surface area contributed by atoms with Crippen molar-refractivity contribution in [2.45, 2.75) is 38.6 Å². The number of aryl methyl sites for hydroxylation is 1. The first-order valence-electron chi connectivity index (χ1n) is 9.49. The molecule has 2 aromatic carbocycles. The number of ether oxygens (including phenoxy) is 2. The van der Waals surface area contributed by atoms with Gasteiger partial charge in [-0.05, 0) is 62.6 Å². The Morgan fingerprint density at radius 1 is 1.04 bits per heavy atom. The van der Waals surface area contributed by atoms with Crippen LogP contribution in [0.3, 0.4) is 0 Å². The molecule has 1 amide bonds. The van der Waals surface area contributed by atoms with Crippen LogP contribution in [0.15, 0.2) is 41.3 Å². The fourth-order valence-electron chi connectivity index (χ4n) is 3.18. The summed E-state index contributed by atoms with van der Waals surface area (Å²) in [4.78, 5) is 15.8. The predicted octanol–water partition coefficient (Wildman–Crippen LogP) is 4.47. The van der Waals surface area contributed by atoms with Crippen molar-refractivity contribution in [1.82, 2.24) is 4.90 Å². The summed E-state index contributed by atoms with van der Waals surface area (Å²) in [7, 11) is 0. The minimum Gasteiger partial charge on any atom is -0.490 e. The molecule has 0 saturated heterocycles. The van der Waals surface area contributed by atoms with E-state index in [-0.39, 0.29) is 5.91 Å². The third-order valence-corrected chi connectivity index (χ3v) is 5.61. The first kappa shape index (κ1) is 19.6. The number of benzene rings is 2. The minimum absolute atomic E-state index is 0.179. The number of carbonyl (C=O) groups excluding carboxylic acids is 1. The molecule has 144 valence electrons. The lowest BCUT2D eigenvalue weighted by Gasteiger charge is -2.30. The number of nitrogens with zero attached hydrogens (tertiary/aromatic N) is 1. The molecule has 5 heteroatoms. The third kappa shape index (κ3) is 4.98. The molecule has 0 atom stereocenters. The quantitative estimate of drug-likeness (QED) is 0.659. The van der Waals surface area contributed by atoms with Crippen molar-refractivity contribution in [3.8, 4) is 11.5 Å². The van der Waals surface area contributed by atoms with Gasteiger partial charge in [-0.25, -0.2) is 0 Å². The van der Waals surface area contributed by atoms with Crippen LogP contribution in [0.25, 0.3) is 0 Å². The van der Waals surface area contributed by atoms with E-state index in [1.54, 1.807) is 11.8 Å². The maximum Gasteiger partial charge on any atom is 0.233 e. The second kappa shape index (κ2) is 9.18. The van der Waals surface area contributed by atoms with Crippen LogP contribution in [0.5, 0.6) is 11.5 Å². The van der Waals surface area contributed by atoms with Gasteiger partial charge in [-0.15, -0.1) is 11.8 Å². The number of carbonyl (C=O) groups is 1. The Morgan fingerprint density at radius 2 is 1.67 bits per heavy atom. The Kier molecular flexibility index (Phi) is 6.67. The largest absolute Gasteiger partial charge is 0.490 e. The van der Waals surface area contributed by atoms with E-state index in [1.165, 1.54) is 11.1 Å². The van der Waals surface area contributed by atoms with Crippen molar-refractivity contribution in [1.29, 1.82) is 0 Å². The average molecular weight is 386 g/mol. The summed E-state index contributed by atoms with van der Waals surface area (Å²) in [6.07, 6.45) is 0.850. The van der Waals surface area contributed by atoms with Crippen molar-refractivity contribution < 1.29 is 14.3 Å². The summed E-state index contributed by atoms with van der Waals surface area (Å²) in [5.74, 6) is 2.21. The number of hydrogen-bond acceptors (Lipinski definition) is 4. The summed E-state index contributed by atoms with van der Waals surface area (Å²) in [5, 5.41) is 0. The molecular weight excluding hydrogens is 358 g/mol. The zero-order valence-corrected chi connectivity index (χ0v) is 17.1. The topological polar surface area (TPSA) is 38.8 Å². The Hall–Kier alpha value is -2.14. The van der Waals surface area contributed by atoms with Crippen LogP contribution in [0.4, 0.5) is 0 Å². The second-order valence-electron chi connectivity index (χ2n) is 6.60. The Labute approximate surface area is 165 Å². The monoisotopic (exact) mass is 385 g/mol. The van der Waals surface area contributed by atoms with Gasteiger partial charge in [0.15, 0.2) is 11.5 Å². The molecule has 0 fully saturated rings. The first-order chi connectivity index (χ1) is 13.1. The molecule has 0 unspecified atom stereocenters. The number of fused-ring (bicyclic) bond motifs is 1. The molecule has 3 rings (SSSR count). The molecule has 0 bridgehead atoms. The molecule has 0 aliphatic carbocycles. The molecule has 0 spiro atoms. The molecule has 27 heavy (non-hydrogen) atoms. The lowest BCUT2D eigenvalue weighted by Crippen LogP contribution is -2.37. The van der Waals surface area contributed by atoms with E-state index >= 15 is 0 Å². The highest BCUT2D eigenvalue weighted by Crippen LogP contribution is 2.34. The maximum atomic E-state index is 12.7. The van der Waals surface area contributed by atoms with E-state index in [0.717, 1.165) is 34.9 Å². The lowest BCUT2D eigenvalue weighted by molar-refractivity contribution is -0.129. The van der Waals surface area contributed by atoms with Crippen LogP contribution >= 0.6 is 11.8 Å². The second-order valence-corrected chi connectivity index (χ2v) is 7.65. The normalized spacial score (nSPS) is 13.2. The van der Waals surface area contributed by atoms with E-state index in [9.17, 15) is 4.79 Å². The highest BCUT2D eigenvalue weighted by atomic mass is 32.2. The van der Waals surface area contributed by atoms with Crippen LogP contribution in [-0.4, -0.2) is 36.3 Å². The summed E-state index contributed by atoms with van der Waals surface area (Å²) < 4.78 is 11.5. The van der Waals surface area contributed by atoms with Gasteiger partial charge in [0.2, 0.25) is 5.91 Å². The average Bonchev–Trinajstić information content (AvgIpc) is 2.68. The Balaban J connectivity index is 1.66. The van der Waals surface area contributed by atoms with E-state index in [0.29, 0.717) is 25.5 Å². The highest BCUT2D eigenvalue weighted by molar-refractivity contribution is 8.00. The fourth-order valence-corrected chi connectivity index (χ4v) is 3.99. The summed E-state index contributed by atoms with van der Waals surface area (Å²) in [6.45, 7) is 8.59. The smallest absolute Gasteiger partial charge is 0.233 e. The SMILES string of the molecule is CCOc1cc2c(cc1OCC)CN(C(=O)CSc1ccc(C)cc1)CC2. The van der Waals surface area contributed by atoms with Gasteiger partial charge in [0.05, 0.1) is 19.0 Å². The molecule has 0 aromatic heterocycles. The van der Waals surface area contributed by atoms with E-state index in [4.69, 9.17) is 9.47 Å². The zero-order chi connectivity index (χ0) is 19.2. The van der Waals surface area contributed by atoms with E-state index in [2.05, 4.69) is 37.3 Å². The molecule has 2 aromatic rings. The van der Waals surface area contributed by atoms with Crippen molar-refractivity contribution >= 4 is 17.7 Å². The van der Waals surface area contributed by atoms with E-state index < -0.39 is 0 Å². The van der Waals surface area contributed by atoms with Gasteiger partial charge in [-0.1, -0.05) is 17.7 Å². The Bertz CT molecular complexity index is 789. The molecule has 1 aliphatic heterocycles. The van der Waals surface area contributed by atoms with Gasteiger partial charge in [0.1, 0.15) is 0 Å². The zero-order valence-electron chi connectivity index (χ0n) is 16.3. The van der Waals surface area contributed by atoms with Gasteiger partial charge >= 0.3 is 0 Å². The van der Waals surface area contributed by atoms with Crippen LogP contribution in [0.2, 0.25) is 0 Å². The predicted molar refractivity (Wildman–Crippen MR) is 110 cm³/mol. The van der Waals surface area contributed by atoms with Gasteiger partial charge in [-0.2, -0.15) is 0 Å². The fraction of sp³-hybridized carbons (Fsp3) is 0.409. The van der Waals surface area contributed by atoms with Gasteiger partial charge in [0, 0.05) is 18.0 Å². The van der Waals surface area contributed by atoms with Crippen molar-refractivity contribution in [2.75, 3.05) is 25.5 Å². The molecule has 0 radical (unpaired) electrons. The number of hydrogen-bond donors (Lipinski definition) is 0. The number of rotatable bonds is 7. The molecule has 0 saturated carbocycles. The van der Waals surface area contributed by atoms with Gasteiger partial charge in [-0.3, -0.25) is 4.79 Å². The van der Waals surface area contributed by atoms with Crippen LogP contribution in [0, 0.1) is 6.92 Å². The molecule has 4 nitrogen and oxygen atoms in total. The highest BCUT2D eigenvalue weighted by Gasteiger charge is 2.23. The van der Waals surface area contributed by atoms with Crippen molar-refractivity contribution in [3.63, 3.8) is 0 Å². The van der Waals surface area contributed by atoms with Gasteiger partial charge in [0.25, 0.3) is 0 Å². The van der Waals surface area contributed by atoms with Gasteiger partial charge < -0.3 is 14.4 Å². The minimum atomic E-state index is 0.179. The third-order valence-electron chi connectivity index (χ3n) is 4.61. The molecule has 1 aliphatic rings. The molecular formula is C22H27NO3S. The maximum absolute atomic E-state index is 12.7. The van der Waals surface area contributed by atoms with Crippen molar-refractivity contribution in [2.24, 2.45) is 0 Å². The molecule has 0 N–H and O–H groups in total. The van der Waals surface area contributed by atoms with Crippen molar-refractivity contribution in [3.05, 3.63) is 53.1 Å². The number of amides is 1. The van der Waals surface area contributed by atoms with E-state index in [1.807, 2.05) is 24.8 Å². The summed E-state index contributed by atoms with van der Waals surface area (Å²) >= 11 is 1.60. The number of thioether (sulfide) groups is 1. The standard InChI is InChI=1S/C22H27NO3S/c1-4-25-20-12-17-10-11-23(14-18(17)13-21(20)26-5-2)22(24)15-27-19-8-6-16(3)7-9-19/h6-9,12-13H,4-5,10-11,14-15H2,1-3H3. The lowest BCUT2D eigenvalue weighted by atomic mass is 9.99. The molecule has 1 heterocycles. The van der Waals surface area contributed by atoms with Crippen LogP contribution in [0.1, 0.15) is 30.5 Å². The summed E-state index contributed by atoms with van der Waals surface area (Å²) in [5.41, 5.74) is 3.63. The van der Waals surface area contributed by atoms with Crippen LogP contribution in [-0.2, 0) is 17.8 Å². The Morgan fingerprint density at radius 3 is 2.30 bits per heavy atom. The van der Waals surface area contributed by atoms with Crippen LogP contribution < -0.4 is 9.47 Å². The summed E-state index contributed by atoms with van der Waals surface area (Å²) in [6, 6.07) is 12.4. The first-order valence-corrected chi connectivity index (χ1v) is 10.5.